The number of hydrogen-bond donors (Lipinski definition) is 2. The molecule has 8 heteroatoms. The predicted octanol–water partition coefficient (Wildman–Crippen LogP) is 0.955. The molecule has 1 aliphatic rings. The van der Waals surface area contributed by atoms with Crippen LogP contribution in [0.2, 0.25) is 0 Å². The van der Waals surface area contributed by atoms with E-state index in [0.29, 0.717) is 0 Å². The van der Waals surface area contributed by atoms with Crippen molar-refractivity contribution in [3.63, 3.8) is 0 Å². The molecule has 1 aromatic rings. The zero-order valence-corrected chi connectivity index (χ0v) is 12.9. The molecule has 2 heterocycles. The molecule has 1 aromatic heterocycles. The summed E-state index contributed by atoms with van der Waals surface area (Å²) in [5, 5.41) is 4.81. The largest absolute Gasteiger partial charge is 0.465 e. The van der Waals surface area contributed by atoms with Gasteiger partial charge in [-0.15, -0.1) is 11.3 Å². The normalized spacial score (nSPS) is 20.4. The summed E-state index contributed by atoms with van der Waals surface area (Å²) in [6, 6.07) is 1.34. The van der Waals surface area contributed by atoms with E-state index in [1.165, 1.54) is 13.2 Å². The zero-order valence-electron chi connectivity index (χ0n) is 11.2. The number of esters is 1. The third-order valence-electron chi connectivity index (χ3n) is 3.19. The molecular weight excluding hydrogens is 300 g/mol. The molecule has 20 heavy (non-hydrogen) atoms. The van der Waals surface area contributed by atoms with E-state index in [2.05, 4.69) is 14.8 Å². The molecule has 1 aliphatic heterocycles. The highest BCUT2D eigenvalue weighted by Gasteiger charge is 2.27. The number of hydrogen-bond acceptors (Lipinski definition) is 6. The van der Waals surface area contributed by atoms with Gasteiger partial charge in [0.1, 0.15) is 9.77 Å². The number of thiophene rings is 1. The molecule has 0 radical (unpaired) electrons. The van der Waals surface area contributed by atoms with Crippen LogP contribution in [0.5, 0.6) is 0 Å². The quantitative estimate of drug-likeness (QED) is 0.808. The lowest BCUT2D eigenvalue weighted by Gasteiger charge is -2.16. The minimum absolute atomic E-state index is 0.00607. The number of carbonyl (C=O) groups is 1. The number of ether oxygens (including phenoxy) is 1. The van der Waals surface area contributed by atoms with Crippen molar-refractivity contribution < 1.29 is 17.9 Å². The highest BCUT2D eigenvalue weighted by Crippen LogP contribution is 2.23. The summed E-state index contributed by atoms with van der Waals surface area (Å²) in [5.41, 5.74) is 0. The van der Waals surface area contributed by atoms with Gasteiger partial charge in [0.25, 0.3) is 0 Å². The van der Waals surface area contributed by atoms with Crippen molar-refractivity contribution in [2.75, 3.05) is 20.2 Å². The fourth-order valence-corrected chi connectivity index (χ4v) is 4.81. The molecule has 0 amide bonds. The summed E-state index contributed by atoms with van der Waals surface area (Å²) in [6.45, 7) is 1.70. The summed E-state index contributed by atoms with van der Waals surface area (Å²) < 4.78 is 32.1. The Hall–Kier alpha value is -0.960. The van der Waals surface area contributed by atoms with Gasteiger partial charge in [0, 0.05) is 6.04 Å². The summed E-state index contributed by atoms with van der Waals surface area (Å²) in [5.74, 6) is -0.622. The van der Waals surface area contributed by atoms with E-state index >= 15 is 0 Å². The highest BCUT2D eigenvalue weighted by molar-refractivity contribution is 7.89. The number of sulfonamides is 1. The smallest absolute Gasteiger partial charge is 0.349 e. The van der Waals surface area contributed by atoms with Gasteiger partial charge < -0.3 is 10.1 Å². The predicted molar refractivity (Wildman–Crippen MR) is 76.5 cm³/mol. The first kappa shape index (κ1) is 15.4. The second-order valence-corrected chi connectivity index (χ2v) is 7.20. The maximum absolute atomic E-state index is 12.4. The Morgan fingerprint density at radius 3 is 3.00 bits per heavy atom. The van der Waals surface area contributed by atoms with E-state index < -0.39 is 16.0 Å². The van der Waals surface area contributed by atoms with Gasteiger partial charge in [-0.2, -0.15) is 0 Å². The third kappa shape index (κ3) is 3.57. The Morgan fingerprint density at radius 1 is 1.45 bits per heavy atom. The molecular formula is C12H18N2O4S2. The van der Waals surface area contributed by atoms with Crippen LogP contribution < -0.4 is 10.0 Å². The molecule has 1 saturated heterocycles. The fraction of sp³-hybridized carbons (Fsp3) is 0.583. The number of rotatable bonds is 4. The van der Waals surface area contributed by atoms with Crippen molar-refractivity contribution in [3.8, 4) is 0 Å². The molecule has 2 N–H and O–H groups in total. The van der Waals surface area contributed by atoms with Crippen LogP contribution >= 0.6 is 11.3 Å². The van der Waals surface area contributed by atoms with Crippen LogP contribution in [0.4, 0.5) is 0 Å². The van der Waals surface area contributed by atoms with Crippen LogP contribution in [0.3, 0.4) is 0 Å². The number of nitrogens with one attached hydrogen (secondary N) is 2. The van der Waals surface area contributed by atoms with Crippen LogP contribution in [0, 0.1) is 0 Å². The Balaban J connectivity index is 2.17. The molecule has 0 saturated carbocycles. The molecule has 1 fully saturated rings. The summed E-state index contributed by atoms with van der Waals surface area (Å²) in [4.78, 5) is 11.7. The van der Waals surface area contributed by atoms with Gasteiger partial charge >= 0.3 is 5.97 Å². The van der Waals surface area contributed by atoms with Gasteiger partial charge in [0.2, 0.25) is 10.0 Å². The molecule has 2 rings (SSSR count). The second kappa shape index (κ2) is 6.66. The third-order valence-corrected chi connectivity index (χ3v) is 5.77. The number of carbonyl (C=O) groups excluding carboxylic acids is 1. The molecule has 0 aliphatic carbocycles. The SMILES string of the molecule is COC(=O)c1sccc1S(=O)(=O)NC1CCCNCC1. The van der Waals surface area contributed by atoms with Crippen LogP contribution in [0.15, 0.2) is 16.3 Å². The topological polar surface area (TPSA) is 84.5 Å². The van der Waals surface area contributed by atoms with Crippen molar-refractivity contribution >= 4 is 27.3 Å². The maximum atomic E-state index is 12.4. The lowest BCUT2D eigenvalue weighted by atomic mass is 10.1. The summed E-state index contributed by atoms with van der Waals surface area (Å²) in [7, 11) is -2.45. The van der Waals surface area contributed by atoms with E-state index in [-0.39, 0.29) is 15.8 Å². The fourth-order valence-electron chi connectivity index (χ4n) is 2.17. The highest BCUT2D eigenvalue weighted by atomic mass is 32.2. The van der Waals surface area contributed by atoms with E-state index in [9.17, 15) is 13.2 Å². The van der Waals surface area contributed by atoms with Gasteiger partial charge in [-0.3, -0.25) is 0 Å². The van der Waals surface area contributed by atoms with Gasteiger partial charge in [-0.1, -0.05) is 0 Å². The monoisotopic (exact) mass is 318 g/mol. The first-order valence-corrected chi connectivity index (χ1v) is 8.80. The Kier molecular flexibility index (Phi) is 5.14. The van der Waals surface area contributed by atoms with Gasteiger partial charge in [-0.05, 0) is 43.8 Å². The van der Waals surface area contributed by atoms with Crippen molar-refractivity contribution in [1.82, 2.24) is 10.0 Å². The van der Waals surface area contributed by atoms with Crippen LogP contribution in [0.25, 0.3) is 0 Å². The Labute approximate surface area is 122 Å². The molecule has 112 valence electrons. The van der Waals surface area contributed by atoms with E-state index in [4.69, 9.17) is 0 Å². The zero-order chi connectivity index (χ0) is 14.6. The van der Waals surface area contributed by atoms with Gasteiger partial charge in [-0.25, -0.2) is 17.9 Å². The number of methoxy groups -OCH3 is 1. The first-order chi connectivity index (χ1) is 9.54. The Bertz CT molecular complexity index is 560. The van der Waals surface area contributed by atoms with Crippen LogP contribution in [-0.2, 0) is 14.8 Å². The van der Waals surface area contributed by atoms with E-state index in [1.54, 1.807) is 5.38 Å². The average molecular weight is 318 g/mol. The van der Waals surface area contributed by atoms with Crippen molar-refractivity contribution in [3.05, 3.63) is 16.3 Å². The van der Waals surface area contributed by atoms with Crippen LogP contribution in [0.1, 0.15) is 28.9 Å². The minimum Gasteiger partial charge on any atom is -0.465 e. The van der Waals surface area contributed by atoms with Gasteiger partial charge in [0.05, 0.1) is 7.11 Å². The molecule has 6 nitrogen and oxygen atoms in total. The second-order valence-electron chi connectivity index (χ2n) is 4.60. The average Bonchev–Trinajstić information content (AvgIpc) is 2.79. The van der Waals surface area contributed by atoms with Crippen molar-refractivity contribution in [2.24, 2.45) is 0 Å². The molecule has 0 bridgehead atoms. The molecule has 1 atom stereocenters. The summed E-state index contributed by atoms with van der Waals surface area (Å²) in [6.07, 6.45) is 2.47. The van der Waals surface area contributed by atoms with Crippen LogP contribution in [-0.4, -0.2) is 40.6 Å². The van der Waals surface area contributed by atoms with E-state index in [0.717, 1.165) is 43.7 Å². The lowest BCUT2D eigenvalue weighted by Crippen LogP contribution is -2.35. The molecule has 0 aromatic carbocycles. The molecule has 1 unspecified atom stereocenters. The van der Waals surface area contributed by atoms with Gasteiger partial charge in [0.15, 0.2) is 0 Å². The Morgan fingerprint density at radius 2 is 2.25 bits per heavy atom. The molecule has 0 spiro atoms. The maximum Gasteiger partial charge on any atom is 0.349 e. The first-order valence-electron chi connectivity index (χ1n) is 6.43. The van der Waals surface area contributed by atoms with Crippen molar-refractivity contribution in [2.45, 2.75) is 30.2 Å². The minimum atomic E-state index is -3.69. The standard InChI is InChI=1S/C12H18N2O4S2/c1-18-12(15)11-10(5-8-19-11)20(16,17)14-9-3-2-6-13-7-4-9/h5,8-9,13-14H,2-4,6-7H2,1H3. The van der Waals surface area contributed by atoms with E-state index in [1.807, 2.05) is 0 Å². The lowest BCUT2D eigenvalue weighted by molar-refractivity contribution is 0.0602. The van der Waals surface area contributed by atoms with Crippen molar-refractivity contribution in [1.29, 1.82) is 0 Å². The summed E-state index contributed by atoms with van der Waals surface area (Å²) >= 11 is 1.07.